The average Bonchev–Trinajstić information content (AvgIpc) is 3.16. The van der Waals surface area contributed by atoms with E-state index in [-0.39, 0.29) is 0 Å². The highest BCUT2D eigenvalue weighted by atomic mass is 16.5. The first kappa shape index (κ1) is 15.3. The fraction of sp³-hybridized carbons (Fsp3) is 0.588. The van der Waals surface area contributed by atoms with Crippen LogP contribution in [0.25, 0.3) is 10.9 Å². The second kappa shape index (κ2) is 7.11. The van der Waals surface area contributed by atoms with Gasteiger partial charge in [-0.3, -0.25) is 10.00 Å². The first-order valence-corrected chi connectivity index (χ1v) is 8.23. The molecule has 1 saturated carbocycles. The topological polar surface area (TPSA) is 53.2 Å². The molecular weight excluding hydrogens is 276 g/mol. The van der Waals surface area contributed by atoms with E-state index in [0.717, 1.165) is 36.6 Å². The summed E-state index contributed by atoms with van der Waals surface area (Å²) in [7, 11) is 4.11. The van der Waals surface area contributed by atoms with Crippen LogP contribution in [0, 0.1) is 0 Å². The number of nitrogens with zero attached hydrogens (tertiary/aromatic N) is 2. The number of aromatic nitrogens is 2. The molecule has 0 amide bonds. The lowest BCUT2D eigenvalue weighted by Crippen LogP contribution is -2.27. The predicted octanol–water partition coefficient (Wildman–Crippen LogP) is 2.54. The van der Waals surface area contributed by atoms with Crippen LogP contribution in [0.5, 0.6) is 5.75 Å². The molecule has 0 unspecified atom stereocenters. The Bertz CT molecular complexity index is 604. The number of hydrogen-bond donors (Lipinski definition) is 2. The van der Waals surface area contributed by atoms with Crippen LogP contribution >= 0.6 is 0 Å². The summed E-state index contributed by atoms with van der Waals surface area (Å²) in [6.07, 6.45) is 5.35. The summed E-state index contributed by atoms with van der Waals surface area (Å²) in [6.45, 7) is 2.86. The molecule has 0 radical (unpaired) electrons. The van der Waals surface area contributed by atoms with Gasteiger partial charge in [0.15, 0.2) is 0 Å². The number of fused-ring (bicyclic) bond motifs is 1. The summed E-state index contributed by atoms with van der Waals surface area (Å²) in [4.78, 5) is 2.29. The molecule has 1 aliphatic carbocycles. The second-order valence-corrected chi connectivity index (χ2v) is 6.25. The van der Waals surface area contributed by atoms with Crippen molar-refractivity contribution in [2.45, 2.75) is 38.3 Å². The number of H-pyrrole nitrogens is 1. The van der Waals surface area contributed by atoms with Crippen LogP contribution in [0.15, 0.2) is 18.2 Å². The van der Waals surface area contributed by atoms with Gasteiger partial charge in [0.05, 0.1) is 17.3 Å². The van der Waals surface area contributed by atoms with Gasteiger partial charge < -0.3 is 10.1 Å². The first-order chi connectivity index (χ1) is 10.8. The van der Waals surface area contributed by atoms with Crippen LogP contribution in [0.3, 0.4) is 0 Å². The van der Waals surface area contributed by atoms with Crippen molar-refractivity contribution in [2.75, 3.05) is 27.2 Å². The molecule has 1 fully saturated rings. The van der Waals surface area contributed by atoms with E-state index in [1.807, 2.05) is 19.2 Å². The van der Waals surface area contributed by atoms with Gasteiger partial charge in [-0.1, -0.05) is 0 Å². The average molecular weight is 302 g/mol. The molecule has 0 bridgehead atoms. The standard InChI is InChI=1S/C17H26N4O/c1-18-9-10-21(2)12-17-15-11-14(7-8-16(15)19-20-17)22-13-5-3-4-6-13/h7-8,11,13,18H,3-6,9-10,12H2,1-2H3,(H,19,20). The van der Waals surface area contributed by atoms with Crippen molar-refractivity contribution in [1.82, 2.24) is 20.4 Å². The van der Waals surface area contributed by atoms with E-state index in [1.54, 1.807) is 0 Å². The fourth-order valence-corrected chi connectivity index (χ4v) is 3.09. The third kappa shape index (κ3) is 3.59. The minimum absolute atomic E-state index is 0.395. The van der Waals surface area contributed by atoms with Crippen molar-refractivity contribution < 1.29 is 4.74 Å². The van der Waals surface area contributed by atoms with E-state index >= 15 is 0 Å². The zero-order chi connectivity index (χ0) is 15.4. The predicted molar refractivity (Wildman–Crippen MR) is 89.2 cm³/mol. The Morgan fingerprint density at radius 3 is 2.95 bits per heavy atom. The van der Waals surface area contributed by atoms with Crippen LogP contribution in [0.4, 0.5) is 0 Å². The summed E-state index contributed by atoms with van der Waals surface area (Å²) in [5.41, 5.74) is 2.17. The molecule has 1 aromatic carbocycles. The lowest BCUT2D eigenvalue weighted by molar-refractivity contribution is 0.210. The number of benzene rings is 1. The summed E-state index contributed by atoms with van der Waals surface area (Å²) in [6, 6.07) is 6.22. The van der Waals surface area contributed by atoms with Crippen molar-refractivity contribution in [3.05, 3.63) is 23.9 Å². The maximum absolute atomic E-state index is 6.11. The first-order valence-electron chi connectivity index (χ1n) is 8.23. The monoisotopic (exact) mass is 302 g/mol. The maximum Gasteiger partial charge on any atom is 0.120 e. The Balaban J connectivity index is 1.73. The molecule has 0 aliphatic heterocycles. The van der Waals surface area contributed by atoms with Crippen molar-refractivity contribution in [3.63, 3.8) is 0 Å². The minimum Gasteiger partial charge on any atom is -0.490 e. The van der Waals surface area contributed by atoms with Gasteiger partial charge in [-0.05, 0) is 58.0 Å². The van der Waals surface area contributed by atoms with Crippen LogP contribution in [0.1, 0.15) is 31.4 Å². The highest BCUT2D eigenvalue weighted by molar-refractivity contribution is 5.82. The van der Waals surface area contributed by atoms with Crippen LogP contribution < -0.4 is 10.1 Å². The quantitative estimate of drug-likeness (QED) is 0.825. The molecule has 120 valence electrons. The Morgan fingerprint density at radius 1 is 1.36 bits per heavy atom. The summed E-state index contributed by atoms with van der Waals surface area (Å²) < 4.78 is 6.11. The van der Waals surface area contributed by atoms with Gasteiger partial charge in [0.1, 0.15) is 5.75 Å². The number of ether oxygens (including phenoxy) is 1. The van der Waals surface area contributed by atoms with Gasteiger partial charge in [0.25, 0.3) is 0 Å². The van der Waals surface area contributed by atoms with Gasteiger partial charge >= 0.3 is 0 Å². The van der Waals surface area contributed by atoms with Gasteiger partial charge in [-0.2, -0.15) is 5.10 Å². The lowest BCUT2D eigenvalue weighted by atomic mass is 10.2. The third-order valence-electron chi connectivity index (χ3n) is 4.38. The smallest absolute Gasteiger partial charge is 0.120 e. The Hall–Kier alpha value is -1.59. The number of likely N-dealkylation sites (N-methyl/N-ethyl adjacent to an activating group) is 2. The Kier molecular flexibility index (Phi) is 4.95. The Labute approximate surface area is 132 Å². The highest BCUT2D eigenvalue weighted by Gasteiger charge is 2.17. The van der Waals surface area contributed by atoms with Crippen LogP contribution in [-0.2, 0) is 6.54 Å². The van der Waals surface area contributed by atoms with Crippen LogP contribution in [-0.4, -0.2) is 48.4 Å². The number of rotatable bonds is 7. The van der Waals surface area contributed by atoms with Crippen molar-refractivity contribution in [3.8, 4) is 5.75 Å². The zero-order valence-electron chi connectivity index (χ0n) is 13.6. The molecule has 2 aromatic rings. The van der Waals surface area contributed by atoms with Crippen molar-refractivity contribution >= 4 is 10.9 Å². The van der Waals surface area contributed by atoms with E-state index in [4.69, 9.17) is 4.74 Å². The molecule has 2 N–H and O–H groups in total. The molecular formula is C17H26N4O. The molecule has 1 aliphatic rings. The molecule has 1 aromatic heterocycles. The van der Waals surface area contributed by atoms with E-state index < -0.39 is 0 Å². The molecule has 22 heavy (non-hydrogen) atoms. The third-order valence-corrected chi connectivity index (χ3v) is 4.38. The molecule has 5 nitrogen and oxygen atoms in total. The van der Waals surface area contributed by atoms with Gasteiger partial charge in [-0.15, -0.1) is 0 Å². The number of nitrogens with one attached hydrogen (secondary N) is 2. The molecule has 0 spiro atoms. The minimum atomic E-state index is 0.395. The second-order valence-electron chi connectivity index (χ2n) is 6.25. The molecule has 3 rings (SSSR count). The van der Waals surface area contributed by atoms with E-state index in [2.05, 4.69) is 33.5 Å². The van der Waals surface area contributed by atoms with Gasteiger partial charge in [0, 0.05) is 25.0 Å². The van der Waals surface area contributed by atoms with Gasteiger partial charge in [0.2, 0.25) is 0 Å². The maximum atomic E-state index is 6.11. The Morgan fingerprint density at radius 2 is 2.18 bits per heavy atom. The highest BCUT2D eigenvalue weighted by Crippen LogP contribution is 2.27. The van der Waals surface area contributed by atoms with E-state index in [9.17, 15) is 0 Å². The lowest BCUT2D eigenvalue weighted by Gasteiger charge is -2.16. The van der Waals surface area contributed by atoms with Crippen molar-refractivity contribution in [2.24, 2.45) is 0 Å². The van der Waals surface area contributed by atoms with E-state index in [0.29, 0.717) is 6.10 Å². The number of hydrogen-bond acceptors (Lipinski definition) is 4. The summed E-state index contributed by atoms with van der Waals surface area (Å²) >= 11 is 0. The molecule has 1 heterocycles. The number of aromatic amines is 1. The zero-order valence-corrected chi connectivity index (χ0v) is 13.6. The van der Waals surface area contributed by atoms with Gasteiger partial charge in [-0.25, -0.2) is 0 Å². The van der Waals surface area contributed by atoms with Crippen LogP contribution in [0.2, 0.25) is 0 Å². The molecule has 5 heteroatoms. The largest absolute Gasteiger partial charge is 0.490 e. The normalized spacial score (nSPS) is 16.0. The molecule has 0 atom stereocenters. The van der Waals surface area contributed by atoms with E-state index in [1.165, 1.54) is 31.1 Å². The van der Waals surface area contributed by atoms with Crippen molar-refractivity contribution in [1.29, 1.82) is 0 Å². The SMILES string of the molecule is CNCCN(C)Cc1[nH]nc2ccc(OC3CCCC3)cc12. The summed E-state index contributed by atoms with van der Waals surface area (Å²) in [5.74, 6) is 0.972. The summed E-state index contributed by atoms with van der Waals surface area (Å²) in [5, 5.41) is 11.9. The fourth-order valence-electron chi connectivity index (χ4n) is 3.09. The molecule has 0 saturated heterocycles.